The maximum atomic E-state index is 14.0. The maximum absolute atomic E-state index is 14.0. The number of benzene rings is 1. The fourth-order valence-corrected chi connectivity index (χ4v) is 2.51. The molecule has 4 heteroatoms. The van der Waals surface area contributed by atoms with Crippen molar-refractivity contribution in [2.24, 2.45) is 0 Å². The Labute approximate surface area is 115 Å². The Bertz CT molecular complexity index is 380. The second-order valence-corrected chi connectivity index (χ2v) is 4.66. The molecule has 0 aliphatic heterocycles. The quantitative estimate of drug-likeness (QED) is 0.760. The maximum Gasteiger partial charge on any atom is 0.129 e. The van der Waals surface area contributed by atoms with Crippen molar-refractivity contribution in [2.45, 2.75) is 39.3 Å². The molecule has 0 saturated heterocycles. The van der Waals surface area contributed by atoms with Crippen LogP contribution in [0.3, 0.4) is 0 Å². The Morgan fingerprint density at radius 3 is 2.53 bits per heavy atom. The fourth-order valence-electron chi connectivity index (χ4n) is 2.51. The molecule has 1 rings (SSSR count). The number of aliphatic hydroxyl groups is 1. The van der Waals surface area contributed by atoms with Gasteiger partial charge in [0.25, 0.3) is 0 Å². The lowest BCUT2D eigenvalue weighted by Crippen LogP contribution is -2.37. The normalized spacial score (nSPS) is 11.1. The highest BCUT2D eigenvalue weighted by Crippen LogP contribution is 2.26. The van der Waals surface area contributed by atoms with Crippen molar-refractivity contribution in [3.8, 4) is 0 Å². The number of hydrogen-bond acceptors (Lipinski definition) is 3. The van der Waals surface area contributed by atoms with E-state index in [-0.39, 0.29) is 12.4 Å². The van der Waals surface area contributed by atoms with E-state index >= 15 is 0 Å². The van der Waals surface area contributed by atoms with E-state index in [1.165, 1.54) is 6.07 Å². The van der Waals surface area contributed by atoms with Crippen LogP contribution in [0.4, 0.5) is 10.1 Å². The largest absolute Gasteiger partial charge is 0.395 e. The molecule has 0 aliphatic carbocycles. The number of rotatable bonds is 8. The molecule has 0 aliphatic rings. The van der Waals surface area contributed by atoms with Crippen molar-refractivity contribution >= 4 is 5.69 Å². The first-order valence-electron chi connectivity index (χ1n) is 6.99. The Morgan fingerprint density at radius 2 is 2.00 bits per heavy atom. The van der Waals surface area contributed by atoms with E-state index in [9.17, 15) is 9.50 Å². The smallest absolute Gasteiger partial charge is 0.129 e. The predicted molar refractivity (Wildman–Crippen MR) is 78.0 cm³/mol. The third-order valence-electron chi connectivity index (χ3n) is 3.48. The molecule has 0 atom stereocenters. The molecule has 0 heterocycles. The number of anilines is 1. The summed E-state index contributed by atoms with van der Waals surface area (Å²) in [6.45, 7) is 5.34. The minimum Gasteiger partial charge on any atom is -0.395 e. The van der Waals surface area contributed by atoms with Gasteiger partial charge in [-0.15, -0.1) is 0 Å². The summed E-state index contributed by atoms with van der Waals surface area (Å²) < 4.78 is 14.0. The van der Waals surface area contributed by atoms with Crippen LogP contribution in [-0.4, -0.2) is 31.3 Å². The summed E-state index contributed by atoms with van der Waals surface area (Å²) in [7, 11) is 1.81. The topological polar surface area (TPSA) is 35.5 Å². The first kappa shape index (κ1) is 15.9. The van der Waals surface area contributed by atoms with Crippen LogP contribution < -0.4 is 10.2 Å². The second-order valence-electron chi connectivity index (χ2n) is 4.66. The molecular formula is C15H25FN2O. The van der Waals surface area contributed by atoms with E-state index in [2.05, 4.69) is 24.1 Å². The fraction of sp³-hybridized carbons (Fsp3) is 0.600. The summed E-state index contributed by atoms with van der Waals surface area (Å²) in [4.78, 5) is 2.12. The molecule has 108 valence electrons. The average molecular weight is 268 g/mol. The van der Waals surface area contributed by atoms with Gasteiger partial charge in [-0.05, 0) is 32.0 Å². The number of aliphatic hydroxyl groups excluding tert-OH is 1. The van der Waals surface area contributed by atoms with Gasteiger partial charge in [-0.3, -0.25) is 0 Å². The van der Waals surface area contributed by atoms with Crippen LogP contribution in [0.15, 0.2) is 18.2 Å². The highest BCUT2D eigenvalue weighted by atomic mass is 19.1. The number of halogens is 1. The van der Waals surface area contributed by atoms with Crippen molar-refractivity contribution < 1.29 is 9.50 Å². The van der Waals surface area contributed by atoms with Gasteiger partial charge in [0.2, 0.25) is 0 Å². The van der Waals surface area contributed by atoms with Gasteiger partial charge in [0, 0.05) is 30.4 Å². The van der Waals surface area contributed by atoms with Gasteiger partial charge in [-0.1, -0.05) is 19.9 Å². The van der Waals surface area contributed by atoms with Crippen LogP contribution >= 0.6 is 0 Å². The zero-order valence-corrected chi connectivity index (χ0v) is 12.1. The van der Waals surface area contributed by atoms with Crippen LogP contribution in [-0.2, 0) is 6.54 Å². The van der Waals surface area contributed by atoms with Gasteiger partial charge in [-0.25, -0.2) is 4.39 Å². The zero-order chi connectivity index (χ0) is 14.3. The van der Waals surface area contributed by atoms with Gasteiger partial charge in [0.15, 0.2) is 0 Å². The molecular weight excluding hydrogens is 243 g/mol. The molecule has 0 spiro atoms. The molecule has 0 aromatic heterocycles. The monoisotopic (exact) mass is 268 g/mol. The van der Waals surface area contributed by atoms with Crippen molar-refractivity contribution in [3.63, 3.8) is 0 Å². The molecule has 19 heavy (non-hydrogen) atoms. The molecule has 0 bridgehead atoms. The molecule has 0 unspecified atom stereocenters. The Morgan fingerprint density at radius 1 is 1.32 bits per heavy atom. The first-order valence-corrected chi connectivity index (χ1v) is 6.99. The van der Waals surface area contributed by atoms with Crippen LogP contribution in [0.1, 0.15) is 32.3 Å². The summed E-state index contributed by atoms with van der Waals surface area (Å²) in [6.07, 6.45) is 1.96. The summed E-state index contributed by atoms with van der Waals surface area (Å²) in [5.74, 6) is -0.194. The van der Waals surface area contributed by atoms with E-state index in [0.717, 1.165) is 18.5 Å². The zero-order valence-electron chi connectivity index (χ0n) is 12.1. The molecule has 0 amide bonds. The molecule has 0 radical (unpaired) electrons. The molecule has 3 nitrogen and oxygen atoms in total. The first-order chi connectivity index (χ1) is 9.19. The molecule has 2 N–H and O–H groups in total. The van der Waals surface area contributed by atoms with Gasteiger partial charge in [-0.2, -0.15) is 0 Å². The Balaban J connectivity index is 3.17. The SMILES string of the molecule is CCC(CC)N(CCO)c1cccc(F)c1CNC. The van der Waals surface area contributed by atoms with Crippen LogP contribution in [0, 0.1) is 5.82 Å². The lowest BCUT2D eigenvalue weighted by molar-refractivity contribution is 0.295. The second kappa shape index (κ2) is 8.12. The lowest BCUT2D eigenvalue weighted by atomic mass is 10.1. The van der Waals surface area contributed by atoms with E-state index in [1.807, 2.05) is 13.1 Å². The van der Waals surface area contributed by atoms with Crippen LogP contribution in [0.5, 0.6) is 0 Å². The minimum absolute atomic E-state index is 0.0754. The standard InChI is InChI=1S/C15H25FN2O/c1-4-12(5-2)18(9-10-19)15-8-6-7-14(16)13(15)11-17-3/h6-8,12,17,19H,4-5,9-11H2,1-3H3. The van der Waals surface area contributed by atoms with Crippen molar-refractivity contribution in [1.29, 1.82) is 0 Å². The summed E-state index contributed by atoms with van der Waals surface area (Å²) >= 11 is 0. The lowest BCUT2D eigenvalue weighted by Gasteiger charge is -2.34. The summed E-state index contributed by atoms with van der Waals surface area (Å²) in [5, 5.41) is 12.3. The number of hydrogen-bond donors (Lipinski definition) is 2. The van der Waals surface area contributed by atoms with Crippen molar-refractivity contribution in [3.05, 3.63) is 29.6 Å². The summed E-state index contributed by atoms with van der Waals surface area (Å²) in [6, 6.07) is 5.48. The third kappa shape index (κ3) is 3.91. The van der Waals surface area contributed by atoms with Gasteiger partial charge in [0.1, 0.15) is 5.82 Å². The van der Waals surface area contributed by atoms with Gasteiger partial charge in [0.05, 0.1) is 6.61 Å². The highest BCUT2D eigenvalue weighted by molar-refractivity contribution is 5.55. The predicted octanol–water partition coefficient (Wildman–Crippen LogP) is 2.53. The van der Waals surface area contributed by atoms with Gasteiger partial charge >= 0.3 is 0 Å². The number of nitrogens with one attached hydrogen (secondary N) is 1. The summed E-state index contributed by atoms with van der Waals surface area (Å²) in [5.41, 5.74) is 1.56. The van der Waals surface area contributed by atoms with Crippen LogP contribution in [0.2, 0.25) is 0 Å². The average Bonchev–Trinajstić information content (AvgIpc) is 2.42. The Kier molecular flexibility index (Phi) is 6.81. The van der Waals surface area contributed by atoms with Crippen molar-refractivity contribution in [1.82, 2.24) is 5.32 Å². The molecule has 1 aromatic carbocycles. The Hall–Kier alpha value is -1.13. The van der Waals surface area contributed by atoms with E-state index < -0.39 is 0 Å². The third-order valence-corrected chi connectivity index (χ3v) is 3.48. The molecule has 1 aromatic rings. The number of nitrogens with zero attached hydrogens (tertiary/aromatic N) is 1. The van der Waals surface area contributed by atoms with Crippen LogP contribution in [0.25, 0.3) is 0 Å². The van der Waals surface area contributed by atoms with E-state index in [0.29, 0.717) is 24.7 Å². The van der Waals surface area contributed by atoms with E-state index in [4.69, 9.17) is 0 Å². The highest BCUT2D eigenvalue weighted by Gasteiger charge is 2.19. The molecule has 0 saturated carbocycles. The minimum atomic E-state index is -0.194. The van der Waals surface area contributed by atoms with E-state index in [1.54, 1.807) is 6.07 Å². The van der Waals surface area contributed by atoms with Gasteiger partial charge < -0.3 is 15.3 Å². The van der Waals surface area contributed by atoms with Crippen molar-refractivity contribution in [2.75, 3.05) is 25.1 Å². The molecule has 0 fully saturated rings.